The minimum absolute atomic E-state index is 0.0429. The van der Waals surface area contributed by atoms with Gasteiger partial charge < -0.3 is 5.32 Å². The van der Waals surface area contributed by atoms with Crippen molar-refractivity contribution in [2.75, 3.05) is 6.54 Å². The van der Waals surface area contributed by atoms with Gasteiger partial charge in [-0.3, -0.25) is 4.79 Å². The third-order valence-electron chi connectivity index (χ3n) is 2.52. The van der Waals surface area contributed by atoms with Gasteiger partial charge in [-0.2, -0.15) is 13.2 Å². The number of nitrogens with one attached hydrogen (secondary N) is 1. The van der Waals surface area contributed by atoms with E-state index < -0.39 is 17.6 Å². The molecule has 0 unspecified atom stereocenters. The lowest BCUT2D eigenvalue weighted by molar-refractivity contribution is -0.137. The molecule has 0 aliphatic heterocycles. The van der Waals surface area contributed by atoms with Gasteiger partial charge in [-0.05, 0) is 24.6 Å². The van der Waals surface area contributed by atoms with Crippen molar-refractivity contribution in [3.8, 4) is 0 Å². The maximum atomic E-state index is 12.5. The third-order valence-corrected chi connectivity index (χ3v) is 2.52. The van der Waals surface area contributed by atoms with E-state index in [0.717, 1.165) is 31.4 Å². The molecule has 0 aliphatic carbocycles. The molecule has 100 valence electrons. The molecular weight excluding hydrogens is 243 g/mol. The smallest absolute Gasteiger partial charge is 0.352 e. The molecule has 18 heavy (non-hydrogen) atoms. The van der Waals surface area contributed by atoms with Gasteiger partial charge in [0.15, 0.2) is 0 Å². The molecule has 0 aliphatic rings. The van der Waals surface area contributed by atoms with E-state index >= 15 is 0 Å². The van der Waals surface area contributed by atoms with E-state index in [1.165, 1.54) is 12.1 Å². The summed E-state index contributed by atoms with van der Waals surface area (Å²) in [5.41, 5.74) is -0.759. The molecule has 1 aromatic rings. The molecular formula is C13H16F3NO. The number of halogens is 3. The molecule has 1 rings (SSSR count). The largest absolute Gasteiger partial charge is 0.416 e. The molecule has 2 nitrogen and oxygen atoms in total. The summed E-state index contributed by atoms with van der Waals surface area (Å²) in [4.78, 5) is 11.6. The summed E-state index contributed by atoms with van der Waals surface area (Å²) in [5, 5.41) is 2.61. The molecule has 1 amide bonds. The molecule has 0 aromatic heterocycles. The average Bonchev–Trinajstić information content (AvgIpc) is 2.33. The van der Waals surface area contributed by atoms with Crippen molar-refractivity contribution >= 4 is 5.91 Å². The zero-order valence-electron chi connectivity index (χ0n) is 10.2. The first-order chi connectivity index (χ1) is 8.45. The van der Waals surface area contributed by atoms with Crippen molar-refractivity contribution < 1.29 is 18.0 Å². The van der Waals surface area contributed by atoms with E-state index in [1.54, 1.807) is 0 Å². The van der Waals surface area contributed by atoms with Gasteiger partial charge in [0.25, 0.3) is 5.91 Å². The number of carbonyl (C=O) groups excluding carboxylic acids is 1. The summed E-state index contributed by atoms with van der Waals surface area (Å²) in [5.74, 6) is -0.461. The van der Waals surface area contributed by atoms with E-state index in [1.807, 2.05) is 6.92 Å². The van der Waals surface area contributed by atoms with E-state index in [-0.39, 0.29) is 5.56 Å². The molecule has 1 N–H and O–H groups in total. The van der Waals surface area contributed by atoms with Crippen LogP contribution in [-0.4, -0.2) is 12.5 Å². The van der Waals surface area contributed by atoms with Crippen molar-refractivity contribution in [3.05, 3.63) is 35.4 Å². The van der Waals surface area contributed by atoms with Crippen LogP contribution in [0.4, 0.5) is 13.2 Å². The second-order valence-corrected chi connectivity index (χ2v) is 4.04. The van der Waals surface area contributed by atoms with Crippen LogP contribution >= 0.6 is 0 Å². The van der Waals surface area contributed by atoms with Crippen LogP contribution in [0.3, 0.4) is 0 Å². The summed E-state index contributed by atoms with van der Waals surface area (Å²) < 4.78 is 37.4. The topological polar surface area (TPSA) is 29.1 Å². The maximum Gasteiger partial charge on any atom is 0.416 e. The first kappa shape index (κ1) is 14.5. The normalized spacial score (nSPS) is 11.3. The summed E-state index contributed by atoms with van der Waals surface area (Å²) in [7, 11) is 0. The summed E-state index contributed by atoms with van der Waals surface area (Å²) in [6, 6.07) is 4.44. The molecule has 5 heteroatoms. The molecule has 0 atom stereocenters. The Morgan fingerprint density at radius 2 is 2.00 bits per heavy atom. The maximum absolute atomic E-state index is 12.5. The van der Waals surface area contributed by atoms with E-state index in [9.17, 15) is 18.0 Å². The molecule has 0 radical (unpaired) electrons. The first-order valence-electron chi connectivity index (χ1n) is 5.90. The molecule has 1 aromatic carbocycles. The molecule has 0 saturated carbocycles. The zero-order valence-corrected chi connectivity index (χ0v) is 10.2. The summed E-state index contributed by atoms with van der Waals surface area (Å²) >= 11 is 0. The number of alkyl halides is 3. The zero-order chi connectivity index (χ0) is 13.6. The van der Waals surface area contributed by atoms with Gasteiger partial charge in [0.05, 0.1) is 5.56 Å². The standard InChI is InChI=1S/C13H16F3NO/c1-2-3-4-8-17-12(18)10-6-5-7-11(9-10)13(14,15)16/h5-7,9H,2-4,8H2,1H3,(H,17,18). The molecule has 0 bridgehead atoms. The summed E-state index contributed by atoms with van der Waals surface area (Å²) in [6.45, 7) is 2.53. The molecule has 0 saturated heterocycles. The van der Waals surface area contributed by atoms with E-state index in [2.05, 4.69) is 5.32 Å². The van der Waals surface area contributed by atoms with Gasteiger partial charge in [-0.15, -0.1) is 0 Å². The number of hydrogen-bond donors (Lipinski definition) is 1. The van der Waals surface area contributed by atoms with Crippen molar-refractivity contribution in [2.45, 2.75) is 32.4 Å². The van der Waals surface area contributed by atoms with Crippen molar-refractivity contribution in [2.24, 2.45) is 0 Å². The molecule has 0 spiro atoms. The number of unbranched alkanes of at least 4 members (excludes halogenated alkanes) is 2. The van der Waals surface area contributed by atoms with Crippen LogP contribution in [0.5, 0.6) is 0 Å². The van der Waals surface area contributed by atoms with Crippen molar-refractivity contribution in [3.63, 3.8) is 0 Å². The van der Waals surface area contributed by atoms with Gasteiger partial charge in [0.1, 0.15) is 0 Å². The fraction of sp³-hybridized carbons (Fsp3) is 0.462. The van der Waals surface area contributed by atoms with Crippen molar-refractivity contribution in [1.29, 1.82) is 0 Å². The Hall–Kier alpha value is -1.52. The van der Waals surface area contributed by atoms with Crippen LogP contribution in [0.1, 0.15) is 42.1 Å². The van der Waals surface area contributed by atoms with E-state index in [0.29, 0.717) is 6.54 Å². The second kappa shape index (κ2) is 6.42. The van der Waals surface area contributed by atoms with Crippen LogP contribution in [0.2, 0.25) is 0 Å². The summed E-state index contributed by atoms with van der Waals surface area (Å²) in [6.07, 6.45) is -1.57. The van der Waals surface area contributed by atoms with Crippen LogP contribution in [0.25, 0.3) is 0 Å². The van der Waals surface area contributed by atoms with Gasteiger partial charge in [-0.1, -0.05) is 25.8 Å². The number of benzene rings is 1. The average molecular weight is 259 g/mol. The van der Waals surface area contributed by atoms with Gasteiger partial charge in [-0.25, -0.2) is 0 Å². The predicted octanol–water partition coefficient (Wildman–Crippen LogP) is 3.63. The predicted molar refractivity (Wildman–Crippen MR) is 63.3 cm³/mol. The Kier molecular flexibility index (Phi) is 5.19. The van der Waals surface area contributed by atoms with Crippen LogP contribution in [-0.2, 0) is 6.18 Å². The highest BCUT2D eigenvalue weighted by atomic mass is 19.4. The Morgan fingerprint density at radius 3 is 2.61 bits per heavy atom. The Morgan fingerprint density at radius 1 is 1.28 bits per heavy atom. The van der Waals surface area contributed by atoms with Crippen LogP contribution in [0.15, 0.2) is 24.3 Å². The molecule has 0 heterocycles. The SMILES string of the molecule is CCCCCNC(=O)c1cccc(C(F)(F)F)c1. The third kappa shape index (κ3) is 4.39. The monoisotopic (exact) mass is 259 g/mol. The highest BCUT2D eigenvalue weighted by Gasteiger charge is 2.30. The van der Waals surface area contributed by atoms with E-state index in [4.69, 9.17) is 0 Å². The lowest BCUT2D eigenvalue weighted by Gasteiger charge is -2.09. The highest BCUT2D eigenvalue weighted by Crippen LogP contribution is 2.29. The number of rotatable bonds is 5. The minimum atomic E-state index is -4.42. The Balaban J connectivity index is 2.63. The van der Waals surface area contributed by atoms with Gasteiger partial charge in [0.2, 0.25) is 0 Å². The second-order valence-electron chi connectivity index (χ2n) is 4.04. The Bertz CT molecular complexity index is 401. The fourth-order valence-corrected chi connectivity index (χ4v) is 1.52. The van der Waals surface area contributed by atoms with Crippen LogP contribution < -0.4 is 5.32 Å². The number of amides is 1. The minimum Gasteiger partial charge on any atom is -0.352 e. The highest BCUT2D eigenvalue weighted by molar-refractivity contribution is 5.94. The van der Waals surface area contributed by atoms with Crippen LogP contribution in [0, 0.1) is 0 Å². The number of carbonyl (C=O) groups is 1. The lowest BCUT2D eigenvalue weighted by atomic mass is 10.1. The van der Waals surface area contributed by atoms with Crippen molar-refractivity contribution in [1.82, 2.24) is 5.32 Å². The quantitative estimate of drug-likeness (QED) is 0.804. The van der Waals surface area contributed by atoms with Gasteiger partial charge in [0, 0.05) is 12.1 Å². The fourth-order valence-electron chi connectivity index (χ4n) is 1.52. The molecule has 0 fully saturated rings. The lowest BCUT2D eigenvalue weighted by Crippen LogP contribution is -2.24. The van der Waals surface area contributed by atoms with Gasteiger partial charge >= 0.3 is 6.18 Å². The Labute approximate surface area is 104 Å². The first-order valence-corrected chi connectivity index (χ1v) is 5.90. The number of hydrogen-bond acceptors (Lipinski definition) is 1.